The summed E-state index contributed by atoms with van der Waals surface area (Å²) in [5.41, 5.74) is 0.296. The Morgan fingerprint density at radius 1 is 1.38 bits per heavy atom. The normalized spacial score (nSPS) is 16.2. The van der Waals surface area contributed by atoms with E-state index in [-0.39, 0.29) is 11.6 Å². The number of ether oxygens (including phenoxy) is 2. The molecule has 116 valence electrons. The van der Waals surface area contributed by atoms with Crippen LogP contribution in [0.15, 0.2) is 22.7 Å². The average molecular weight is 356 g/mol. The highest BCUT2D eigenvalue weighted by molar-refractivity contribution is 9.10. The molecule has 0 aromatic heterocycles. The van der Waals surface area contributed by atoms with E-state index < -0.39 is 5.60 Å². The Hall–Kier alpha value is -1.23. The van der Waals surface area contributed by atoms with Crippen LogP contribution in [0.4, 0.5) is 4.79 Å². The van der Waals surface area contributed by atoms with E-state index in [1.54, 1.807) is 0 Å². The minimum absolute atomic E-state index is 0.281. The van der Waals surface area contributed by atoms with Gasteiger partial charge >= 0.3 is 6.09 Å². The minimum atomic E-state index is -0.484. The second-order valence-corrected chi connectivity index (χ2v) is 7.41. The lowest BCUT2D eigenvalue weighted by atomic mass is 10.2. The molecule has 0 unspecified atom stereocenters. The maximum Gasteiger partial charge on any atom is 0.408 e. The van der Waals surface area contributed by atoms with Crippen LogP contribution in [0, 0.1) is 6.92 Å². The quantitative estimate of drug-likeness (QED) is 0.880. The summed E-state index contributed by atoms with van der Waals surface area (Å²) in [4.78, 5) is 11.9. The van der Waals surface area contributed by atoms with Crippen molar-refractivity contribution in [3.63, 3.8) is 0 Å². The van der Waals surface area contributed by atoms with E-state index in [4.69, 9.17) is 9.47 Å². The van der Waals surface area contributed by atoms with E-state index in [0.29, 0.717) is 6.61 Å². The summed E-state index contributed by atoms with van der Waals surface area (Å²) in [5.74, 6) is 0.835. The molecule has 1 aromatic rings. The van der Waals surface area contributed by atoms with Crippen LogP contribution in [-0.2, 0) is 4.74 Å². The van der Waals surface area contributed by atoms with Crippen LogP contribution in [0.25, 0.3) is 0 Å². The van der Waals surface area contributed by atoms with Crippen molar-refractivity contribution in [1.82, 2.24) is 5.32 Å². The zero-order chi connectivity index (χ0) is 15.7. The number of nitrogens with one attached hydrogen (secondary N) is 1. The molecule has 0 spiro atoms. The molecule has 4 nitrogen and oxygen atoms in total. The molecule has 1 amide bonds. The zero-order valence-electron chi connectivity index (χ0n) is 13.0. The van der Waals surface area contributed by atoms with Crippen LogP contribution < -0.4 is 10.1 Å². The molecule has 1 aliphatic carbocycles. The molecular formula is C16H22BrNO3. The van der Waals surface area contributed by atoms with Crippen LogP contribution in [0.2, 0.25) is 0 Å². The number of alkyl carbamates (subject to hydrolysis) is 1. The van der Waals surface area contributed by atoms with Crippen LogP contribution in [0.5, 0.6) is 5.75 Å². The third-order valence-electron chi connectivity index (χ3n) is 3.34. The van der Waals surface area contributed by atoms with Crippen molar-refractivity contribution >= 4 is 22.0 Å². The van der Waals surface area contributed by atoms with Crippen LogP contribution >= 0.6 is 15.9 Å². The van der Waals surface area contributed by atoms with Crippen molar-refractivity contribution in [3.8, 4) is 5.75 Å². The van der Waals surface area contributed by atoms with Gasteiger partial charge in [0.1, 0.15) is 18.0 Å². The third kappa shape index (κ3) is 4.63. The number of rotatable bonds is 4. The first-order chi connectivity index (χ1) is 9.71. The molecule has 0 saturated heterocycles. The first-order valence-electron chi connectivity index (χ1n) is 7.10. The van der Waals surface area contributed by atoms with Crippen molar-refractivity contribution in [3.05, 3.63) is 28.2 Å². The Morgan fingerprint density at radius 2 is 2.05 bits per heavy atom. The monoisotopic (exact) mass is 355 g/mol. The summed E-state index contributed by atoms with van der Waals surface area (Å²) in [5, 5.41) is 2.93. The molecule has 0 radical (unpaired) electrons. The molecule has 1 aliphatic rings. The summed E-state index contributed by atoms with van der Waals surface area (Å²) >= 11 is 3.49. The highest BCUT2D eigenvalue weighted by Crippen LogP contribution is 2.37. The van der Waals surface area contributed by atoms with E-state index in [1.807, 2.05) is 45.9 Å². The number of hydrogen-bond acceptors (Lipinski definition) is 3. The lowest BCUT2D eigenvalue weighted by Crippen LogP contribution is -2.44. The topological polar surface area (TPSA) is 47.6 Å². The van der Waals surface area contributed by atoms with Crippen LogP contribution in [0.3, 0.4) is 0 Å². The maximum atomic E-state index is 11.9. The van der Waals surface area contributed by atoms with Gasteiger partial charge in [0.25, 0.3) is 0 Å². The van der Waals surface area contributed by atoms with Gasteiger partial charge in [-0.05, 0) is 52.7 Å². The summed E-state index contributed by atoms with van der Waals surface area (Å²) < 4.78 is 12.2. The number of carbonyl (C=O) groups is 1. The Balaban J connectivity index is 1.91. The van der Waals surface area contributed by atoms with Crippen molar-refractivity contribution < 1.29 is 14.3 Å². The standard InChI is InChI=1S/C16H22BrNO3/c1-11-12(17)6-5-7-13(11)20-10-16(8-9-16)18-14(19)21-15(2,3)4/h5-7H,8-10H2,1-4H3,(H,18,19). The first kappa shape index (κ1) is 16.1. The van der Waals surface area contributed by atoms with E-state index in [9.17, 15) is 4.79 Å². The Morgan fingerprint density at radius 3 is 2.62 bits per heavy atom. The van der Waals surface area contributed by atoms with Gasteiger partial charge in [0.15, 0.2) is 0 Å². The predicted molar refractivity (Wildman–Crippen MR) is 85.7 cm³/mol. The fourth-order valence-corrected chi connectivity index (χ4v) is 2.28. The minimum Gasteiger partial charge on any atom is -0.491 e. The molecule has 0 aliphatic heterocycles. The maximum absolute atomic E-state index is 11.9. The molecule has 5 heteroatoms. The molecule has 0 atom stereocenters. The van der Waals surface area contributed by atoms with Gasteiger partial charge in [0.05, 0.1) is 5.54 Å². The van der Waals surface area contributed by atoms with Gasteiger partial charge in [-0.2, -0.15) is 0 Å². The smallest absolute Gasteiger partial charge is 0.408 e. The molecule has 1 N–H and O–H groups in total. The van der Waals surface area contributed by atoms with Gasteiger partial charge in [0, 0.05) is 10.0 Å². The number of benzene rings is 1. The van der Waals surface area contributed by atoms with E-state index in [1.165, 1.54) is 0 Å². The summed E-state index contributed by atoms with van der Waals surface area (Å²) in [6, 6.07) is 5.85. The van der Waals surface area contributed by atoms with Gasteiger partial charge in [-0.15, -0.1) is 0 Å². The number of halogens is 1. The Labute approximate surface area is 134 Å². The molecule has 1 saturated carbocycles. The molecule has 0 bridgehead atoms. The van der Waals surface area contributed by atoms with Crippen molar-refractivity contribution in [1.29, 1.82) is 0 Å². The number of hydrogen-bond donors (Lipinski definition) is 1. The summed E-state index contributed by atoms with van der Waals surface area (Å²) in [6.07, 6.45) is 1.45. The molecule has 1 fully saturated rings. The van der Waals surface area contributed by atoms with Crippen molar-refractivity contribution in [2.24, 2.45) is 0 Å². The molecule has 2 rings (SSSR count). The zero-order valence-corrected chi connectivity index (χ0v) is 14.5. The molecule has 0 heterocycles. The second-order valence-electron chi connectivity index (χ2n) is 6.56. The molecule has 1 aromatic carbocycles. The van der Waals surface area contributed by atoms with Crippen LogP contribution in [0.1, 0.15) is 39.2 Å². The second kappa shape index (κ2) is 5.87. The van der Waals surface area contributed by atoms with E-state index in [0.717, 1.165) is 28.6 Å². The third-order valence-corrected chi connectivity index (χ3v) is 4.20. The lowest BCUT2D eigenvalue weighted by Gasteiger charge is -2.23. The predicted octanol–water partition coefficient (Wildman–Crippen LogP) is 4.19. The lowest BCUT2D eigenvalue weighted by molar-refractivity contribution is 0.0477. The van der Waals surface area contributed by atoms with Gasteiger partial charge in [-0.1, -0.05) is 22.0 Å². The van der Waals surface area contributed by atoms with Gasteiger partial charge < -0.3 is 14.8 Å². The van der Waals surface area contributed by atoms with Crippen LogP contribution in [-0.4, -0.2) is 23.8 Å². The van der Waals surface area contributed by atoms with Crippen molar-refractivity contribution in [2.75, 3.05) is 6.61 Å². The number of carbonyl (C=O) groups excluding carboxylic acids is 1. The average Bonchev–Trinajstić information content (AvgIpc) is 3.09. The fourth-order valence-electron chi connectivity index (χ4n) is 1.94. The SMILES string of the molecule is Cc1c(Br)cccc1OCC1(NC(=O)OC(C)(C)C)CC1. The highest BCUT2D eigenvalue weighted by atomic mass is 79.9. The van der Waals surface area contributed by atoms with E-state index >= 15 is 0 Å². The largest absolute Gasteiger partial charge is 0.491 e. The number of amides is 1. The van der Waals surface area contributed by atoms with Gasteiger partial charge in [0.2, 0.25) is 0 Å². The molecule has 21 heavy (non-hydrogen) atoms. The Bertz CT molecular complexity index is 533. The fraction of sp³-hybridized carbons (Fsp3) is 0.562. The van der Waals surface area contributed by atoms with E-state index in [2.05, 4.69) is 21.2 Å². The molecular weight excluding hydrogens is 334 g/mol. The van der Waals surface area contributed by atoms with Crippen molar-refractivity contribution in [2.45, 2.75) is 51.7 Å². The Kier molecular flexibility index (Phi) is 4.51. The first-order valence-corrected chi connectivity index (χ1v) is 7.89. The van der Waals surface area contributed by atoms with Gasteiger partial charge in [-0.3, -0.25) is 0 Å². The summed E-state index contributed by atoms with van der Waals surface area (Å²) in [7, 11) is 0. The highest BCUT2D eigenvalue weighted by Gasteiger charge is 2.46. The van der Waals surface area contributed by atoms with Gasteiger partial charge in [-0.25, -0.2) is 4.79 Å². The summed E-state index contributed by atoms with van der Waals surface area (Å²) in [6.45, 7) is 8.03.